The molecule has 0 saturated carbocycles. The van der Waals surface area contributed by atoms with E-state index in [0.29, 0.717) is 11.4 Å². The molecule has 4 nitrogen and oxygen atoms in total. The fourth-order valence-corrected chi connectivity index (χ4v) is 6.33. The van der Waals surface area contributed by atoms with E-state index in [9.17, 15) is 14.9 Å². The highest BCUT2D eigenvalue weighted by atomic mass is 19.1. The molecule has 2 aromatic heterocycles. The zero-order chi connectivity index (χ0) is 29.9. The van der Waals surface area contributed by atoms with Gasteiger partial charge in [-0.25, -0.2) is 8.78 Å². The molecule has 0 spiro atoms. The number of hydrogen-bond donors (Lipinski definition) is 0. The molecule has 0 aliphatic rings. The van der Waals surface area contributed by atoms with Crippen LogP contribution in [0.25, 0.3) is 66.1 Å². The second-order valence-corrected chi connectivity index (χ2v) is 10.7. The van der Waals surface area contributed by atoms with Gasteiger partial charge < -0.3 is 9.13 Å². The van der Waals surface area contributed by atoms with Crippen molar-refractivity contribution in [2.45, 2.75) is 0 Å². The highest BCUT2D eigenvalue weighted by Crippen LogP contribution is 2.38. The largest absolute Gasteiger partial charge is 0.309 e. The molecule has 0 unspecified atom stereocenters. The van der Waals surface area contributed by atoms with E-state index in [1.54, 1.807) is 18.2 Å². The fraction of sp³-hybridized carbons (Fsp3) is 0. The van der Waals surface area contributed by atoms with Crippen LogP contribution >= 0.6 is 0 Å². The van der Waals surface area contributed by atoms with Gasteiger partial charge >= 0.3 is 0 Å². The van der Waals surface area contributed by atoms with E-state index in [2.05, 4.69) is 24.3 Å². The van der Waals surface area contributed by atoms with Crippen molar-refractivity contribution in [3.63, 3.8) is 0 Å². The van der Waals surface area contributed by atoms with Gasteiger partial charge in [0, 0.05) is 27.2 Å². The summed E-state index contributed by atoms with van der Waals surface area (Å²) in [5, 5.41) is 22.5. The molecule has 6 aromatic carbocycles. The lowest BCUT2D eigenvalue weighted by atomic mass is 10.0. The molecular weight excluding hydrogens is 550 g/mol. The van der Waals surface area contributed by atoms with Crippen LogP contribution in [0, 0.1) is 34.3 Å². The zero-order valence-electron chi connectivity index (χ0n) is 23.1. The van der Waals surface area contributed by atoms with Gasteiger partial charge in [-0.3, -0.25) is 0 Å². The summed E-state index contributed by atoms with van der Waals surface area (Å²) in [5.41, 5.74) is 6.92. The average Bonchev–Trinajstić information content (AvgIpc) is 3.57. The molecule has 0 saturated heterocycles. The minimum Gasteiger partial charge on any atom is -0.309 e. The molecule has 0 fully saturated rings. The summed E-state index contributed by atoms with van der Waals surface area (Å²) in [7, 11) is 0. The topological polar surface area (TPSA) is 57.4 Å². The summed E-state index contributed by atoms with van der Waals surface area (Å²) in [6.45, 7) is 0. The summed E-state index contributed by atoms with van der Waals surface area (Å²) < 4.78 is 33.8. The first kappa shape index (κ1) is 25.5. The number of para-hydroxylation sites is 2. The number of aromatic nitrogens is 2. The lowest BCUT2D eigenvalue weighted by Gasteiger charge is -2.10. The van der Waals surface area contributed by atoms with Crippen LogP contribution in [-0.4, -0.2) is 9.13 Å². The fourth-order valence-electron chi connectivity index (χ4n) is 6.33. The van der Waals surface area contributed by atoms with Crippen molar-refractivity contribution in [2.24, 2.45) is 0 Å². The lowest BCUT2D eigenvalue weighted by Crippen LogP contribution is -1.98. The molecule has 0 radical (unpaired) electrons. The van der Waals surface area contributed by atoms with Crippen LogP contribution in [0.5, 0.6) is 0 Å². The Morgan fingerprint density at radius 2 is 1.07 bits per heavy atom. The van der Waals surface area contributed by atoms with Crippen molar-refractivity contribution >= 4 is 43.6 Å². The van der Waals surface area contributed by atoms with E-state index in [1.165, 1.54) is 18.2 Å². The first-order chi connectivity index (χ1) is 21.6. The summed E-state index contributed by atoms with van der Waals surface area (Å²) >= 11 is 0. The third-order valence-electron chi connectivity index (χ3n) is 8.33. The Kier molecular flexibility index (Phi) is 5.59. The van der Waals surface area contributed by atoms with Gasteiger partial charge in [-0.2, -0.15) is 10.5 Å². The van der Waals surface area contributed by atoms with E-state index >= 15 is 4.39 Å². The highest BCUT2D eigenvalue weighted by molar-refractivity contribution is 6.12. The number of nitriles is 2. The molecule has 8 aromatic rings. The Morgan fingerprint density at radius 1 is 0.477 bits per heavy atom. The van der Waals surface area contributed by atoms with Gasteiger partial charge in [-0.1, -0.05) is 48.5 Å². The first-order valence-electron chi connectivity index (χ1n) is 14.0. The van der Waals surface area contributed by atoms with Gasteiger partial charge in [0.2, 0.25) is 0 Å². The van der Waals surface area contributed by atoms with Crippen molar-refractivity contribution in [3.05, 3.63) is 144 Å². The third-order valence-corrected chi connectivity index (χ3v) is 8.33. The number of hydrogen-bond acceptors (Lipinski definition) is 2. The molecule has 0 aliphatic carbocycles. The van der Waals surface area contributed by atoms with Crippen LogP contribution in [0.1, 0.15) is 11.1 Å². The maximum atomic E-state index is 15.3. The van der Waals surface area contributed by atoms with Gasteiger partial charge in [0.1, 0.15) is 17.7 Å². The summed E-state index contributed by atoms with van der Waals surface area (Å²) in [6, 6.07) is 41.5. The quantitative estimate of drug-likeness (QED) is 0.212. The molecule has 0 aliphatic heterocycles. The van der Waals surface area contributed by atoms with Crippen molar-refractivity contribution in [2.75, 3.05) is 0 Å². The first-order valence-corrected chi connectivity index (χ1v) is 14.0. The molecule has 44 heavy (non-hydrogen) atoms. The number of fused-ring (bicyclic) bond motifs is 6. The maximum absolute atomic E-state index is 15.3. The summed E-state index contributed by atoms with van der Waals surface area (Å²) in [4.78, 5) is 0. The molecule has 0 bridgehead atoms. The Bertz CT molecular complexity index is 2560. The van der Waals surface area contributed by atoms with Crippen molar-refractivity contribution in [1.82, 2.24) is 9.13 Å². The van der Waals surface area contributed by atoms with E-state index in [1.807, 2.05) is 81.9 Å². The van der Waals surface area contributed by atoms with Crippen molar-refractivity contribution in [1.29, 1.82) is 10.5 Å². The number of rotatable bonds is 3. The summed E-state index contributed by atoms with van der Waals surface area (Å²) in [5.74, 6) is -1.01. The monoisotopic (exact) mass is 570 g/mol. The van der Waals surface area contributed by atoms with Gasteiger partial charge in [-0.15, -0.1) is 0 Å². The smallest absolute Gasteiger partial charge is 0.148 e. The molecule has 0 amide bonds. The van der Waals surface area contributed by atoms with Crippen LogP contribution in [0.2, 0.25) is 0 Å². The van der Waals surface area contributed by atoms with Crippen molar-refractivity contribution < 1.29 is 8.78 Å². The normalized spacial score (nSPS) is 11.4. The van der Waals surface area contributed by atoms with Crippen LogP contribution in [0.4, 0.5) is 8.78 Å². The van der Waals surface area contributed by atoms with Crippen LogP contribution in [0.3, 0.4) is 0 Å². The maximum Gasteiger partial charge on any atom is 0.148 e. The van der Waals surface area contributed by atoms with Crippen LogP contribution in [0.15, 0.2) is 121 Å². The van der Waals surface area contributed by atoms with Gasteiger partial charge in [0.25, 0.3) is 0 Å². The van der Waals surface area contributed by atoms with E-state index in [0.717, 1.165) is 54.7 Å². The molecule has 6 heteroatoms. The van der Waals surface area contributed by atoms with E-state index in [4.69, 9.17) is 0 Å². The van der Waals surface area contributed by atoms with Gasteiger partial charge in [-0.05, 0) is 83.9 Å². The van der Waals surface area contributed by atoms with Crippen molar-refractivity contribution in [3.8, 4) is 34.6 Å². The standard InChI is InChI=1S/C38H20F2N4/c39-32-20-27(13-10-26(32)22-42)43-34-7-3-1-5-28(34)30-18-24(11-15-36(30)43)25-12-16-37-31(19-25)29-6-2-4-8-35(29)44(37)38-14-9-23(21-41)17-33(38)40/h1-20H. The molecular formula is C38H20F2N4. The highest BCUT2D eigenvalue weighted by Gasteiger charge is 2.18. The predicted octanol–water partition coefficient (Wildman–Crippen LogP) is 9.57. The second kappa shape index (κ2) is 9.66. The average molecular weight is 571 g/mol. The predicted molar refractivity (Wildman–Crippen MR) is 170 cm³/mol. The second-order valence-electron chi connectivity index (χ2n) is 10.7. The van der Waals surface area contributed by atoms with Crippen LogP contribution < -0.4 is 0 Å². The molecule has 0 atom stereocenters. The zero-order valence-corrected chi connectivity index (χ0v) is 23.1. The number of nitrogens with zero attached hydrogens (tertiary/aromatic N) is 4. The molecule has 8 rings (SSSR count). The molecule has 2 heterocycles. The third kappa shape index (κ3) is 3.72. The Balaban J connectivity index is 1.33. The van der Waals surface area contributed by atoms with E-state index < -0.39 is 11.6 Å². The summed E-state index contributed by atoms with van der Waals surface area (Å²) in [6.07, 6.45) is 0. The van der Waals surface area contributed by atoms with E-state index in [-0.39, 0.29) is 11.1 Å². The number of halogens is 2. The van der Waals surface area contributed by atoms with Crippen LogP contribution in [-0.2, 0) is 0 Å². The minimum atomic E-state index is -0.555. The Labute approximate surface area is 250 Å². The lowest BCUT2D eigenvalue weighted by molar-refractivity contribution is 0.620. The molecule has 0 N–H and O–H groups in total. The number of benzene rings is 6. The minimum absolute atomic E-state index is 0.00970. The Morgan fingerprint density at radius 3 is 1.66 bits per heavy atom. The Hall–Kier alpha value is -6.24. The van der Waals surface area contributed by atoms with Gasteiger partial charge in [0.15, 0.2) is 0 Å². The SMILES string of the molecule is N#Cc1ccc(-n2c3ccccc3c3cc(-c4ccc5c(c4)c4ccccc4n5-c4ccc(C#N)c(F)c4)ccc32)c(F)c1. The molecule has 206 valence electrons. The van der Waals surface area contributed by atoms with Gasteiger partial charge in [0.05, 0.1) is 45.0 Å².